The number of nitrogens with zero attached hydrogens (tertiary/aromatic N) is 2. The lowest BCUT2D eigenvalue weighted by atomic mass is 9.96. The molecule has 27 heavy (non-hydrogen) atoms. The van der Waals surface area contributed by atoms with Crippen LogP contribution >= 0.6 is 12.4 Å². The van der Waals surface area contributed by atoms with Crippen LogP contribution in [-0.4, -0.2) is 11.2 Å². The molecule has 2 N–H and O–H groups in total. The minimum atomic E-state index is -0.0666. The fraction of sp³-hybridized carbons (Fsp3) is 0.524. The molecule has 2 rings (SSSR count). The van der Waals surface area contributed by atoms with Gasteiger partial charge in [-0.3, -0.25) is 4.79 Å². The molecule has 0 fully saturated rings. The van der Waals surface area contributed by atoms with Gasteiger partial charge in [0.15, 0.2) is 0 Å². The first-order valence-electron chi connectivity index (χ1n) is 9.20. The molecule has 0 aliphatic rings. The highest BCUT2D eigenvalue weighted by Gasteiger charge is 2.21. The molecule has 0 spiro atoms. The largest absolute Gasteiger partial charge is 0.491 e. The SMILES string of the molecule is CCCCOc1c(CN)n(CC(C)(C)C)c(=O)c2ccc(CC#N)cc12.Cl. The molecule has 0 aliphatic carbocycles. The molecule has 1 aromatic carbocycles. The molecule has 5 nitrogen and oxygen atoms in total. The third kappa shape index (κ3) is 5.47. The molecule has 6 heteroatoms. The van der Waals surface area contributed by atoms with Crippen LogP contribution in [0.2, 0.25) is 0 Å². The van der Waals surface area contributed by atoms with Gasteiger partial charge in [-0.2, -0.15) is 5.26 Å². The predicted octanol–water partition coefficient (Wildman–Crippen LogP) is 4.17. The predicted molar refractivity (Wildman–Crippen MR) is 113 cm³/mol. The van der Waals surface area contributed by atoms with Crippen LogP contribution in [0.4, 0.5) is 0 Å². The van der Waals surface area contributed by atoms with Crippen molar-refractivity contribution in [1.29, 1.82) is 5.26 Å². The van der Waals surface area contributed by atoms with Crippen LogP contribution in [0, 0.1) is 16.7 Å². The molecular weight excluding hydrogens is 362 g/mol. The third-order valence-electron chi connectivity index (χ3n) is 4.25. The molecule has 1 heterocycles. The fourth-order valence-corrected chi connectivity index (χ4v) is 3.04. The first kappa shape index (κ1) is 23.0. The summed E-state index contributed by atoms with van der Waals surface area (Å²) in [5, 5.41) is 10.4. The molecule has 2 aromatic rings. The number of halogens is 1. The van der Waals surface area contributed by atoms with Crippen molar-refractivity contribution in [1.82, 2.24) is 4.57 Å². The van der Waals surface area contributed by atoms with Crippen LogP contribution in [-0.2, 0) is 19.5 Å². The van der Waals surface area contributed by atoms with Gasteiger partial charge in [0.05, 0.1) is 30.2 Å². The standard InChI is InChI=1S/C21H29N3O2.ClH/c1-5-6-11-26-19-17-12-15(9-10-22)7-8-16(17)20(25)24(18(19)13-23)14-21(2,3)4;/h7-8,12H,5-6,9,11,13-14,23H2,1-4H3;1H. The Morgan fingerprint density at radius 1 is 1.26 bits per heavy atom. The highest BCUT2D eigenvalue weighted by molar-refractivity contribution is 5.89. The van der Waals surface area contributed by atoms with Crippen LogP contribution in [0.25, 0.3) is 10.8 Å². The number of pyridine rings is 1. The van der Waals surface area contributed by atoms with E-state index >= 15 is 0 Å². The van der Waals surface area contributed by atoms with E-state index in [2.05, 4.69) is 33.8 Å². The number of benzene rings is 1. The second-order valence-electron chi connectivity index (χ2n) is 7.85. The van der Waals surface area contributed by atoms with Gasteiger partial charge in [0.1, 0.15) is 5.75 Å². The minimum absolute atomic E-state index is 0. The second kappa shape index (κ2) is 9.77. The molecule has 0 saturated heterocycles. The molecule has 0 saturated carbocycles. The average Bonchev–Trinajstić information content (AvgIpc) is 2.58. The number of hydrogen-bond donors (Lipinski definition) is 1. The van der Waals surface area contributed by atoms with Crippen molar-refractivity contribution in [2.24, 2.45) is 11.1 Å². The summed E-state index contributed by atoms with van der Waals surface area (Å²) in [5.41, 5.74) is 7.51. The molecule has 0 atom stereocenters. The summed E-state index contributed by atoms with van der Waals surface area (Å²) in [7, 11) is 0. The lowest BCUT2D eigenvalue weighted by Crippen LogP contribution is -2.31. The van der Waals surface area contributed by atoms with Gasteiger partial charge in [0.2, 0.25) is 0 Å². The van der Waals surface area contributed by atoms with Gasteiger partial charge in [0, 0.05) is 18.5 Å². The third-order valence-corrected chi connectivity index (χ3v) is 4.25. The zero-order valence-corrected chi connectivity index (χ0v) is 17.5. The Bertz CT molecular complexity index is 876. The Morgan fingerprint density at radius 2 is 1.96 bits per heavy atom. The summed E-state index contributed by atoms with van der Waals surface area (Å²) < 4.78 is 7.86. The number of aromatic nitrogens is 1. The Balaban J connectivity index is 0.00000364. The summed E-state index contributed by atoms with van der Waals surface area (Å²) in [6, 6.07) is 7.69. The highest BCUT2D eigenvalue weighted by atomic mass is 35.5. The average molecular weight is 392 g/mol. The monoisotopic (exact) mass is 391 g/mol. The number of nitrogens with two attached hydrogens (primary N) is 1. The van der Waals surface area contributed by atoms with Gasteiger partial charge in [-0.1, -0.05) is 40.2 Å². The Hall–Kier alpha value is -2.03. The summed E-state index contributed by atoms with van der Waals surface area (Å²) >= 11 is 0. The van der Waals surface area contributed by atoms with E-state index in [0.29, 0.717) is 30.7 Å². The molecule has 148 valence electrons. The van der Waals surface area contributed by atoms with Crippen molar-refractivity contribution in [3.8, 4) is 11.8 Å². The molecule has 0 amide bonds. The lowest BCUT2D eigenvalue weighted by Gasteiger charge is -2.25. The van der Waals surface area contributed by atoms with Crippen molar-refractivity contribution < 1.29 is 4.74 Å². The van der Waals surface area contributed by atoms with Crippen molar-refractivity contribution >= 4 is 23.2 Å². The topological polar surface area (TPSA) is 81.0 Å². The van der Waals surface area contributed by atoms with Crippen LogP contribution in [0.15, 0.2) is 23.0 Å². The van der Waals surface area contributed by atoms with Crippen LogP contribution in [0.5, 0.6) is 5.75 Å². The highest BCUT2D eigenvalue weighted by Crippen LogP contribution is 2.30. The fourth-order valence-electron chi connectivity index (χ4n) is 3.04. The van der Waals surface area contributed by atoms with E-state index in [-0.39, 0.29) is 29.9 Å². The maximum absolute atomic E-state index is 13.1. The summed E-state index contributed by atoms with van der Waals surface area (Å²) in [6.07, 6.45) is 2.26. The zero-order valence-electron chi connectivity index (χ0n) is 16.7. The van der Waals surface area contributed by atoms with Gasteiger partial charge in [-0.25, -0.2) is 0 Å². The van der Waals surface area contributed by atoms with E-state index in [1.165, 1.54) is 0 Å². The molecule has 0 unspecified atom stereocenters. The molecule has 0 bridgehead atoms. The van der Waals surface area contributed by atoms with Gasteiger partial charge in [-0.05, 0) is 29.5 Å². The number of hydrogen-bond acceptors (Lipinski definition) is 4. The van der Waals surface area contributed by atoms with Crippen LogP contribution in [0.3, 0.4) is 0 Å². The number of fused-ring (bicyclic) bond motifs is 1. The van der Waals surface area contributed by atoms with E-state index in [4.69, 9.17) is 15.7 Å². The van der Waals surface area contributed by atoms with Crippen molar-refractivity contribution in [3.63, 3.8) is 0 Å². The van der Waals surface area contributed by atoms with Crippen molar-refractivity contribution in [3.05, 3.63) is 39.8 Å². The summed E-state index contributed by atoms with van der Waals surface area (Å²) in [4.78, 5) is 13.1. The normalized spacial score (nSPS) is 11.1. The number of ether oxygens (including phenoxy) is 1. The smallest absolute Gasteiger partial charge is 0.258 e. The number of unbranched alkanes of at least 4 members (excludes halogenated alkanes) is 1. The van der Waals surface area contributed by atoms with E-state index in [1.54, 1.807) is 10.6 Å². The number of nitriles is 1. The molecule has 0 radical (unpaired) electrons. The minimum Gasteiger partial charge on any atom is -0.491 e. The van der Waals surface area contributed by atoms with Gasteiger partial charge in [0.25, 0.3) is 5.56 Å². The van der Waals surface area contributed by atoms with Crippen LogP contribution in [0.1, 0.15) is 51.8 Å². The van der Waals surface area contributed by atoms with E-state index in [1.807, 2.05) is 12.1 Å². The van der Waals surface area contributed by atoms with Gasteiger partial charge in [-0.15, -0.1) is 12.4 Å². The molecular formula is C21H30ClN3O2. The second-order valence-corrected chi connectivity index (χ2v) is 7.85. The Morgan fingerprint density at radius 3 is 2.52 bits per heavy atom. The van der Waals surface area contributed by atoms with Crippen molar-refractivity contribution in [2.75, 3.05) is 6.61 Å². The van der Waals surface area contributed by atoms with Gasteiger partial charge >= 0.3 is 0 Å². The number of rotatable bonds is 7. The lowest BCUT2D eigenvalue weighted by molar-refractivity contribution is 0.295. The first-order chi connectivity index (χ1) is 12.3. The van der Waals surface area contributed by atoms with Gasteiger partial charge < -0.3 is 15.0 Å². The maximum Gasteiger partial charge on any atom is 0.258 e. The zero-order chi connectivity index (χ0) is 19.3. The molecule has 1 aromatic heterocycles. The Kier molecular flexibility index (Phi) is 8.33. The maximum atomic E-state index is 13.1. The van der Waals surface area contributed by atoms with Crippen LogP contribution < -0.4 is 16.0 Å². The van der Waals surface area contributed by atoms with E-state index < -0.39 is 0 Å². The first-order valence-corrected chi connectivity index (χ1v) is 9.20. The quantitative estimate of drug-likeness (QED) is 0.718. The summed E-state index contributed by atoms with van der Waals surface area (Å²) in [5.74, 6) is 0.680. The van der Waals surface area contributed by atoms with E-state index in [9.17, 15) is 4.79 Å². The Labute approximate surface area is 167 Å². The van der Waals surface area contributed by atoms with E-state index in [0.717, 1.165) is 29.5 Å². The van der Waals surface area contributed by atoms with Crippen molar-refractivity contribution in [2.45, 2.75) is 60.0 Å². The summed E-state index contributed by atoms with van der Waals surface area (Å²) in [6.45, 7) is 9.77. The molecule has 0 aliphatic heterocycles.